The number of nitrogens with zero attached hydrogens (tertiary/aromatic N) is 1. The molecule has 2 aromatic rings. The van der Waals surface area contributed by atoms with Crippen LogP contribution in [0.5, 0.6) is 0 Å². The molecular formula is C20H27FN4O3S2. The molecule has 1 aromatic carbocycles. The topological polar surface area (TPSA) is 114 Å². The van der Waals surface area contributed by atoms with E-state index in [1.807, 2.05) is 13.8 Å². The van der Waals surface area contributed by atoms with Crippen LogP contribution in [-0.2, 0) is 10.0 Å². The molecule has 1 fully saturated rings. The van der Waals surface area contributed by atoms with Crippen molar-refractivity contribution in [2.75, 3.05) is 16.8 Å². The average Bonchev–Trinajstić information content (AvgIpc) is 3.01. The van der Waals surface area contributed by atoms with Gasteiger partial charge < -0.3 is 11.1 Å². The maximum atomic E-state index is 13.4. The predicted molar refractivity (Wildman–Crippen MR) is 118 cm³/mol. The highest BCUT2D eigenvalue weighted by Crippen LogP contribution is 2.30. The number of rotatable bonds is 8. The molecule has 1 aromatic heterocycles. The van der Waals surface area contributed by atoms with E-state index < -0.39 is 15.8 Å². The van der Waals surface area contributed by atoms with Gasteiger partial charge in [0.05, 0.1) is 5.75 Å². The van der Waals surface area contributed by atoms with E-state index in [0.29, 0.717) is 5.13 Å². The third-order valence-corrected chi connectivity index (χ3v) is 7.70. The van der Waals surface area contributed by atoms with E-state index in [0.717, 1.165) is 37.0 Å². The fraction of sp³-hybridized carbons (Fsp3) is 0.500. The van der Waals surface area contributed by atoms with Crippen molar-refractivity contribution < 1.29 is 17.6 Å². The van der Waals surface area contributed by atoms with E-state index in [1.54, 1.807) is 6.07 Å². The Kier molecular flexibility index (Phi) is 7.10. The molecule has 0 spiro atoms. The second kappa shape index (κ2) is 9.40. The number of hydrogen-bond donors (Lipinski definition) is 3. The Hall–Kier alpha value is -2.04. The zero-order valence-corrected chi connectivity index (χ0v) is 18.7. The summed E-state index contributed by atoms with van der Waals surface area (Å²) < 4.78 is 40.4. The van der Waals surface area contributed by atoms with Gasteiger partial charge in [-0.05, 0) is 43.7 Å². The van der Waals surface area contributed by atoms with Crippen molar-refractivity contribution in [3.8, 4) is 0 Å². The number of hydrogen-bond acceptors (Lipinski definition) is 7. The van der Waals surface area contributed by atoms with Gasteiger partial charge in [0.1, 0.15) is 16.5 Å². The minimum atomic E-state index is -3.26. The number of nitrogens with one attached hydrogen (secondary N) is 2. The average molecular weight is 455 g/mol. The van der Waals surface area contributed by atoms with Crippen molar-refractivity contribution in [1.82, 2.24) is 9.71 Å². The van der Waals surface area contributed by atoms with Crippen molar-refractivity contribution >= 4 is 38.1 Å². The highest BCUT2D eigenvalue weighted by Gasteiger charge is 2.26. The van der Waals surface area contributed by atoms with Gasteiger partial charge >= 0.3 is 0 Å². The van der Waals surface area contributed by atoms with E-state index in [9.17, 15) is 17.6 Å². The second-order valence-corrected chi connectivity index (χ2v) is 10.9. The number of benzene rings is 1. The number of aromatic nitrogens is 1. The van der Waals surface area contributed by atoms with E-state index in [2.05, 4.69) is 15.0 Å². The van der Waals surface area contributed by atoms with Crippen LogP contribution in [0.3, 0.4) is 0 Å². The first-order valence-corrected chi connectivity index (χ1v) is 12.4. The number of sulfonamides is 1. The van der Waals surface area contributed by atoms with Gasteiger partial charge in [-0.2, -0.15) is 0 Å². The Labute approximate surface area is 180 Å². The molecule has 0 bridgehead atoms. The summed E-state index contributed by atoms with van der Waals surface area (Å²) in [6.07, 6.45) is 3.01. The van der Waals surface area contributed by atoms with Gasteiger partial charge in [-0.25, -0.2) is 22.5 Å². The van der Waals surface area contributed by atoms with Crippen molar-refractivity contribution in [2.45, 2.75) is 51.6 Å². The Bertz CT molecular complexity index is 999. The Morgan fingerprint density at radius 1 is 1.27 bits per heavy atom. The van der Waals surface area contributed by atoms with Crippen LogP contribution < -0.4 is 15.8 Å². The zero-order valence-electron chi connectivity index (χ0n) is 17.0. The molecule has 7 nitrogen and oxygen atoms in total. The zero-order chi connectivity index (χ0) is 21.9. The Morgan fingerprint density at radius 2 is 1.93 bits per heavy atom. The van der Waals surface area contributed by atoms with Crippen LogP contribution in [0.25, 0.3) is 0 Å². The Balaban J connectivity index is 1.57. The van der Waals surface area contributed by atoms with Crippen molar-refractivity contribution in [1.29, 1.82) is 0 Å². The number of halogens is 1. The molecule has 4 N–H and O–H groups in total. The first-order valence-electron chi connectivity index (χ1n) is 9.96. The molecule has 164 valence electrons. The largest absolute Gasteiger partial charge is 0.382 e. The minimum absolute atomic E-state index is 0.0571. The quantitative estimate of drug-likeness (QED) is 0.527. The van der Waals surface area contributed by atoms with Crippen molar-refractivity contribution in [3.05, 3.63) is 40.5 Å². The molecule has 3 rings (SSSR count). The normalized spacial score (nSPS) is 19.7. The minimum Gasteiger partial charge on any atom is -0.382 e. The molecular weight excluding hydrogens is 427 g/mol. The number of carbonyl (C=O) groups excluding carboxylic acids is 1. The van der Waals surface area contributed by atoms with Crippen molar-refractivity contribution in [2.24, 2.45) is 5.92 Å². The van der Waals surface area contributed by atoms with Crippen LogP contribution in [-0.4, -0.2) is 37.0 Å². The maximum Gasteiger partial charge on any atom is 0.212 e. The molecule has 0 radical (unpaired) electrons. The molecule has 1 aliphatic rings. The van der Waals surface area contributed by atoms with Crippen LogP contribution in [0.15, 0.2) is 24.3 Å². The first kappa shape index (κ1) is 22.6. The first-order chi connectivity index (χ1) is 14.1. The monoisotopic (exact) mass is 454 g/mol. The fourth-order valence-corrected chi connectivity index (χ4v) is 6.23. The standard InChI is InChI=1S/C20H27FN4O3S2/c1-12(2)11-30(27,28)25-16-8-6-15(7-9-16)23-20-24-19(22)18(29-20)17(26)13-4-3-5-14(21)10-13/h3-5,10,12,15-16,25H,6-9,11,22H2,1-2H3,(H,23,24). The maximum absolute atomic E-state index is 13.4. The highest BCUT2D eigenvalue weighted by molar-refractivity contribution is 7.89. The van der Waals surface area contributed by atoms with Crippen molar-refractivity contribution in [3.63, 3.8) is 0 Å². The van der Waals surface area contributed by atoms with Gasteiger partial charge in [-0.3, -0.25) is 4.79 Å². The van der Waals surface area contributed by atoms with Crippen LogP contribution in [0.4, 0.5) is 15.3 Å². The number of nitrogens with two attached hydrogens (primary N) is 1. The molecule has 1 aliphatic carbocycles. The van der Waals surface area contributed by atoms with Gasteiger partial charge in [-0.15, -0.1) is 0 Å². The summed E-state index contributed by atoms with van der Waals surface area (Å²) in [5.41, 5.74) is 6.15. The summed E-state index contributed by atoms with van der Waals surface area (Å²) >= 11 is 1.15. The van der Waals surface area contributed by atoms with E-state index in [-0.39, 0.29) is 45.8 Å². The molecule has 10 heteroatoms. The van der Waals surface area contributed by atoms with E-state index in [1.165, 1.54) is 18.2 Å². The van der Waals surface area contributed by atoms with E-state index >= 15 is 0 Å². The second-order valence-electron chi connectivity index (χ2n) is 8.06. The smallest absolute Gasteiger partial charge is 0.212 e. The molecule has 1 heterocycles. The number of nitrogen functional groups attached to an aromatic ring is 1. The third kappa shape index (κ3) is 5.99. The molecule has 30 heavy (non-hydrogen) atoms. The van der Waals surface area contributed by atoms with E-state index in [4.69, 9.17) is 5.73 Å². The van der Waals surface area contributed by atoms with Crippen LogP contribution in [0, 0.1) is 11.7 Å². The van der Waals surface area contributed by atoms with Gasteiger partial charge in [0.25, 0.3) is 0 Å². The molecule has 1 saturated carbocycles. The third-order valence-electron chi connectivity index (χ3n) is 4.90. The lowest BCUT2D eigenvalue weighted by atomic mass is 9.92. The lowest BCUT2D eigenvalue weighted by Crippen LogP contribution is -2.41. The number of ketones is 1. The summed E-state index contributed by atoms with van der Waals surface area (Å²) in [5.74, 6) is -0.512. The van der Waals surface area contributed by atoms with Gasteiger partial charge in [0.15, 0.2) is 5.13 Å². The summed E-state index contributed by atoms with van der Waals surface area (Å²) in [4.78, 5) is 17.1. The number of thiazole rings is 1. The van der Waals surface area contributed by atoms with Crippen LogP contribution in [0.1, 0.15) is 54.8 Å². The summed E-state index contributed by atoms with van der Waals surface area (Å²) in [6, 6.07) is 5.54. The molecule has 0 unspecified atom stereocenters. The van der Waals surface area contributed by atoms with Crippen LogP contribution in [0.2, 0.25) is 0 Å². The summed E-state index contributed by atoms with van der Waals surface area (Å²) in [6.45, 7) is 3.76. The number of carbonyl (C=O) groups is 1. The Morgan fingerprint density at radius 3 is 2.57 bits per heavy atom. The molecule has 0 amide bonds. The fourth-order valence-electron chi connectivity index (χ4n) is 3.59. The van der Waals surface area contributed by atoms with Gasteiger partial charge in [-0.1, -0.05) is 37.3 Å². The number of anilines is 2. The molecule has 0 saturated heterocycles. The SMILES string of the molecule is CC(C)CS(=O)(=O)NC1CCC(Nc2nc(N)c(C(=O)c3cccc(F)c3)s2)CC1. The van der Waals surface area contributed by atoms with Crippen LogP contribution >= 0.6 is 11.3 Å². The summed E-state index contributed by atoms with van der Waals surface area (Å²) in [5, 5.41) is 3.84. The highest BCUT2D eigenvalue weighted by atomic mass is 32.2. The molecule has 0 aliphatic heterocycles. The lowest BCUT2D eigenvalue weighted by molar-refractivity contribution is 0.104. The van der Waals surface area contributed by atoms with Gasteiger partial charge in [0.2, 0.25) is 15.8 Å². The predicted octanol–water partition coefficient (Wildman–Crippen LogP) is 3.39. The summed E-state index contributed by atoms with van der Waals surface area (Å²) in [7, 11) is -3.26. The lowest BCUT2D eigenvalue weighted by Gasteiger charge is -2.29. The van der Waals surface area contributed by atoms with Gasteiger partial charge in [0, 0.05) is 17.6 Å². The molecule has 0 atom stereocenters.